The Balaban J connectivity index is 2.05. The molecular weight excluding hydrogens is 246 g/mol. The molecule has 2 heteroatoms. The van der Waals surface area contributed by atoms with E-state index < -0.39 is 0 Å². The molecule has 2 aliphatic rings. The predicted octanol–water partition coefficient (Wildman–Crippen LogP) is 4.77. The van der Waals surface area contributed by atoms with Gasteiger partial charge in [-0.25, -0.2) is 0 Å². The minimum absolute atomic E-state index is 0.210. The van der Waals surface area contributed by atoms with Crippen molar-refractivity contribution < 1.29 is 4.79 Å². The molecule has 0 radical (unpaired) electrons. The molecule has 2 fully saturated rings. The molecule has 0 aromatic rings. The lowest BCUT2D eigenvalue weighted by molar-refractivity contribution is -0.141. The summed E-state index contributed by atoms with van der Waals surface area (Å²) in [6.07, 6.45) is 12.5. The van der Waals surface area contributed by atoms with Crippen molar-refractivity contribution in [2.75, 3.05) is 6.54 Å². The molecule has 0 atom stereocenters. The molecule has 1 amide bonds. The summed E-state index contributed by atoms with van der Waals surface area (Å²) in [6.45, 7) is 7.72. The van der Waals surface area contributed by atoms with E-state index in [0.29, 0.717) is 17.9 Å². The van der Waals surface area contributed by atoms with Crippen LogP contribution in [0.2, 0.25) is 0 Å². The summed E-state index contributed by atoms with van der Waals surface area (Å²) in [5.41, 5.74) is 0.210. The fourth-order valence-electron chi connectivity index (χ4n) is 3.87. The van der Waals surface area contributed by atoms with Crippen molar-refractivity contribution in [1.82, 2.24) is 4.90 Å². The van der Waals surface area contributed by atoms with Crippen molar-refractivity contribution in [2.24, 2.45) is 11.3 Å². The monoisotopic (exact) mass is 279 g/mol. The molecule has 0 saturated heterocycles. The van der Waals surface area contributed by atoms with Crippen LogP contribution in [-0.4, -0.2) is 23.4 Å². The number of rotatable bonds is 3. The summed E-state index contributed by atoms with van der Waals surface area (Å²) in [6, 6.07) is 0.525. The maximum Gasteiger partial charge on any atom is 0.225 e. The van der Waals surface area contributed by atoms with Gasteiger partial charge in [0.1, 0.15) is 0 Å². The molecule has 0 unspecified atom stereocenters. The van der Waals surface area contributed by atoms with Crippen LogP contribution in [-0.2, 0) is 4.79 Å². The Hall–Kier alpha value is -0.530. The van der Waals surface area contributed by atoms with Crippen LogP contribution in [0.4, 0.5) is 0 Å². The smallest absolute Gasteiger partial charge is 0.225 e. The quantitative estimate of drug-likeness (QED) is 0.728. The van der Waals surface area contributed by atoms with Crippen LogP contribution in [0.25, 0.3) is 0 Å². The summed E-state index contributed by atoms with van der Waals surface area (Å²) in [7, 11) is 0. The third-order valence-electron chi connectivity index (χ3n) is 4.90. The molecular formula is C18H33NO. The predicted molar refractivity (Wildman–Crippen MR) is 84.6 cm³/mol. The van der Waals surface area contributed by atoms with Gasteiger partial charge < -0.3 is 4.90 Å². The molecule has 0 aromatic heterocycles. The van der Waals surface area contributed by atoms with Crippen LogP contribution in [0.5, 0.6) is 0 Å². The molecule has 116 valence electrons. The number of nitrogens with zero attached hydrogens (tertiary/aromatic N) is 1. The van der Waals surface area contributed by atoms with E-state index in [1.807, 2.05) is 0 Å². The second-order valence-electron chi connectivity index (χ2n) is 8.15. The molecule has 0 bridgehead atoms. The highest BCUT2D eigenvalue weighted by atomic mass is 16.2. The largest absolute Gasteiger partial charge is 0.339 e. The van der Waals surface area contributed by atoms with Crippen molar-refractivity contribution in [2.45, 2.75) is 91.0 Å². The van der Waals surface area contributed by atoms with E-state index in [-0.39, 0.29) is 5.41 Å². The van der Waals surface area contributed by atoms with Crippen LogP contribution >= 0.6 is 0 Å². The van der Waals surface area contributed by atoms with Crippen molar-refractivity contribution >= 4 is 5.91 Å². The number of hydrogen-bond acceptors (Lipinski definition) is 1. The summed E-state index contributed by atoms with van der Waals surface area (Å²) in [5.74, 6) is 0.805. The summed E-state index contributed by atoms with van der Waals surface area (Å²) >= 11 is 0. The maximum absolute atomic E-state index is 13.0. The van der Waals surface area contributed by atoms with Gasteiger partial charge in [0.2, 0.25) is 5.91 Å². The van der Waals surface area contributed by atoms with Crippen molar-refractivity contribution in [3.63, 3.8) is 0 Å². The lowest BCUT2D eigenvalue weighted by atomic mass is 9.85. The molecule has 0 spiro atoms. The van der Waals surface area contributed by atoms with E-state index >= 15 is 0 Å². The van der Waals surface area contributed by atoms with Crippen LogP contribution in [0.15, 0.2) is 0 Å². The number of amides is 1. The van der Waals surface area contributed by atoms with E-state index in [0.717, 1.165) is 19.4 Å². The highest BCUT2D eigenvalue weighted by molar-refractivity contribution is 5.79. The first kappa shape index (κ1) is 15.9. The third-order valence-corrected chi connectivity index (χ3v) is 4.90. The molecule has 2 nitrogen and oxygen atoms in total. The minimum Gasteiger partial charge on any atom is -0.339 e. The highest BCUT2D eigenvalue weighted by Crippen LogP contribution is 2.31. The van der Waals surface area contributed by atoms with Gasteiger partial charge in [0.15, 0.2) is 0 Å². The first-order valence-electron chi connectivity index (χ1n) is 8.78. The SMILES string of the molecule is CC(C)(C)CN(C(=O)C1CCCCC1)C1CCCCC1. The van der Waals surface area contributed by atoms with E-state index in [9.17, 15) is 4.79 Å². The normalized spacial score (nSPS) is 22.8. The van der Waals surface area contributed by atoms with Crippen molar-refractivity contribution in [1.29, 1.82) is 0 Å². The molecule has 20 heavy (non-hydrogen) atoms. The van der Waals surface area contributed by atoms with Crippen LogP contribution in [0.3, 0.4) is 0 Å². The lowest BCUT2D eigenvalue weighted by Crippen LogP contribution is -2.48. The number of carbonyl (C=O) groups is 1. The van der Waals surface area contributed by atoms with Crippen LogP contribution in [0.1, 0.15) is 85.0 Å². The average molecular weight is 279 g/mol. The molecule has 0 aromatic carbocycles. The van der Waals surface area contributed by atoms with Gasteiger partial charge >= 0.3 is 0 Å². The van der Waals surface area contributed by atoms with Crippen molar-refractivity contribution in [3.05, 3.63) is 0 Å². The third kappa shape index (κ3) is 4.49. The zero-order valence-corrected chi connectivity index (χ0v) is 13.8. The van der Waals surface area contributed by atoms with Crippen molar-refractivity contribution in [3.8, 4) is 0 Å². The zero-order chi connectivity index (χ0) is 14.6. The standard InChI is InChI=1S/C18H33NO/c1-18(2,3)14-19(16-12-8-5-9-13-16)17(20)15-10-6-4-7-11-15/h15-16H,4-14H2,1-3H3. The molecule has 0 heterocycles. The Morgan fingerprint density at radius 1 is 0.900 bits per heavy atom. The van der Waals surface area contributed by atoms with E-state index in [4.69, 9.17) is 0 Å². The van der Waals surface area contributed by atoms with Gasteiger partial charge in [-0.15, -0.1) is 0 Å². The zero-order valence-electron chi connectivity index (χ0n) is 13.8. The van der Waals surface area contributed by atoms with Crippen LogP contribution < -0.4 is 0 Å². The summed E-state index contributed by atoms with van der Waals surface area (Å²) in [4.78, 5) is 15.3. The molecule has 0 aliphatic heterocycles. The summed E-state index contributed by atoms with van der Waals surface area (Å²) < 4.78 is 0. The Kier molecular flexibility index (Phi) is 5.51. The lowest BCUT2D eigenvalue weighted by Gasteiger charge is -2.40. The summed E-state index contributed by atoms with van der Waals surface area (Å²) in [5, 5.41) is 0. The first-order valence-corrected chi connectivity index (χ1v) is 8.78. The van der Waals surface area contributed by atoms with Gasteiger partial charge in [-0.2, -0.15) is 0 Å². The number of carbonyl (C=O) groups excluding carboxylic acids is 1. The topological polar surface area (TPSA) is 20.3 Å². The van der Waals surface area contributed by atoms with Crippen LogP contribution in [0, 0.1) is 11.3 Å². The van der Waals surface area contributed by atoms with Gasteiger partial charge in [0.05, 0.1) is 0 Å². The first-order chi connectivity index (χ1) is 9.47. The van der Waals surface area contributed by atoms with E-state index in [1.54, 1.807) is 0 Å². The fourth-order valence-corrected chi connectivity index (χ4v) is 3.87. The molecule has 2 saturated carbocycles. The number of hydrogen-bond donors (Lipinski definition) is 0. The Labute approximate surface area is 125 Å². The fraction of sp³-hybridized carbons (Fsp3) is 0.944. The average Bonchev–Trinajstić information content (AvgIpc) is 2.45. The molecule has 2 aliphatic carbocycles. The van der Waals surface area contributed by atoms with E-state index in [2.05, 4.69) is 25.7 Å². The Morgan fingerprint density at radius 3 is 1.90 bits per heavy atom. The Bertz CT molecular complexity index is 306. The minimum atomic E-state index is 0.210. The molecule has 2 rings (SSSR count). The molecule has 0 N–H and O–H groups in total. The maximum atomic E-state index is 13.0. The van der Waals surface area contributed by atoms with Gasteiger partial charge in [0, 0.05) is 18.5 Å². The van der Waals surface area contributed by atoms with E-state index in [1.165, 1.54) is 51.4 Å². The Morgan fingerprint density at radius 2 is 1.40 bits per heavy atom. The highest BCUT2D eigenvalue weighted by Gasteiger charge is 2.33. The van der Waals surface area contributed by atoms with Gasteiger partial charge in [0.25, 0.3) is 0 Å². The van der Waals surface area contributed by atoms with Gasteiger partial charge in [-0.1, -0.05) is 59.3 Å². The van der Waals surface area contributed by atoms with Gasteiger partial charge in [-0.05, 0) is 31.1 Å². The second kappa shape index (κ2) is 6.95. The second-order valence-corrected chi connectivity index (χ2v) is 8.15. The van der Waals surface area contributed by atoms with Gasteiger partial charge in [-0.3, -0.25) is 4.79 Å².